The minimum absolute atomic E-state index is 0. The summed E-state index contributed by atoms with van der Waals surface area (Å²) in [7, 11) is 0. The van der Waals surface area contributed by atoms with Crippen molar-refractivity contribution in [3.8, 4) is 5.75 Å². The topological polar surface area (TPSA) is 66.0 Å². The van der Waals surface area contributed by atoms with Crippen molar-refractivity contribution in [2.24, 2.45) is 4.99 Å². The minimum atomic E-state index is -0.284. The van der Waals surface area contributed by atoms with E-state index in [1.807, 2.05) is 25.7 Å². The molecule has 1 fully saturated rings. The van der Waals surface area contributed by atoms with Gasteiger partial charge in [0.05, 0.1) is 6.54 Å². The van der Waals surface area contributed by atoms with E-state index in [4.69, 9.17) is 4.74 Å². The standard InChI is InChI=1S/C19H29FN4O2.HI/c1-4-18(25)24-11-10-16(13-24)23-19(21-5-2)22-12-14(3)26-17-8-6-15(20)7-9-17;/h6-9,14,16H,4-5,10-13H2,1-3H3,(H2,21,22,23);1H. The molecule has 2 atom stereocenters. The predicted octanol–water partition coefficient (Wildman–Crippen LogP) is 2.78. The number of ether oxygens (including phenoxy) is 1. The highest BCUT2D eigenvalue weighted by Crippen LogP contribution is 2.13. The van der Waals surface area contributed by atoms with Gasteiger partial charge in [-0.1, -0.05) is 6.92 Å². The molecule has 8 heteroatoms. The predicted molar refractivity (Wildman–Crippen MR) is 116 cm³/mol. The van der Waals surface area contributed by atoms with E-state index in [-0.39, 0.29) is 47.8 Å². The molecule has 152 valence electrons. The van der Waals surface area contributed by atoms with E-state index in [9.17, 15) is 9.18 Å². The number of likely N-dealkylation sites (tertiary alicyclic amines) is 1. The summed E-state index contributed by atoms with van der Waals surface area (Å²) >= 11 is 0. The molecule has 1 amide bonds. The third-order valence-electron chi connectivity index (χ3n) is 4.19. The Morgan fingerprint density at radius 1 is 1.37 bits per heavy atom. The molecule has 2 unspecified atom stereocenters. The lowest BCUT2D eigenvalue weighted by atomic mass is 10.3. The van der Waals surface area contributed by atoms with Crippen LogP contribution in [0.2, 0.25) is 0 Å². The normalized spacial score (nSPS) is 17.9. The van der Waals surface area contributed by atoms with Crippen LogP contribution in [0.25, 0.3) is 0 Å². The molecule has 1 aliphatic heterocycles. The van der Waals surface area contributed by atoms with Crippen LogP contribution >= 0.6 is 24.0 Å². The molecule has 2 rings (SSSR count). The monoisotopic (exact) mass is 492 g/mol. The van der Waals surface area contributed by atoms with Crippen LogP contribution in [0.15, 0.2) is 29.3 Å². The van der Waals surface area contributed by atoms with Crippen molar-refractivity contribution in [1.82, 2.24) is 15.5 Å². The summed E-state index contributed by atoms with van der Waals surface area (Å²) in [4.78, 5) is 18.3. The van der Waals surface area contributed by atoms with Crippen LogP contribution in [-0.2, 0) is 4.79 Å². The van der Waals surface area contributed by atoms with Gasteiger partial charge in [0.15, 0.2) is 5.96 Å². The molecule has 2 N–H and O–H groups in total. The average Bonchev–Trinajstić information content (AvgIpc) is 3.10. The molecular formula is C19H30FIN4O2. The molecule has 1 aromatic rings. The first kappa shape index (κ1) is 23.5. The number of hydrogen-bond donors (Lipinski definition) is 2. The maximum Gasteiger partial charge on any atom is 0.222 e. The molecule has 27 heavy (non-hydrogen) atoms. The summed E-state index contributed by atoms with van der Waals surface area (Å²) in [6.45, 7) is 8.54. The second-order valence-corrected chi connectivity index (χ2v) is 6.43. The number of nitrogens with zero attached hydrogens (tertiary/aromatic N) is 2. The fourth-order valence-electron chi connectivity index (χ4n) is 2.84. The smallest absolute Gasteiger partial charge is 0.222 e. The molecule has 0 saturated carbocycles. The van der Waals surface area contributed by atoms with Gasteiger partial charge in [-0.3, -0.25) is 4.79 Å². The van der Waals surface area contributed by atoms with E-state index in [1.54, 1.807) is 12.1 Å². The first-order valence-corrected chi connectivity index (χ1v) is 9.26. The van der Waals surface area contributed by atoms with E-state index in [0.717, 1.165) is 25.5 Å². The lowest BCUT2D eigenvalue weighted by Crippen LogP contribution is -2.45. The van der Waals surface area contributed by atoms with Gasteiger partial charge in [-0.05, 0) is 44.5 Å². The van der Waals surface area contributed by atoms with Crippen LogP contribution in [0, 0.1) is 5.82 Å². The Balaban J connectivity index is 0.00000364. The van der Waals surface area contributed by atoms with Crippen LogP contribution in [0.1, 0.15) is 33.6 Å². The van der Waals surface area contributed by atoms with Gasteiger partial charge in [-0.15, -0.1) is 24.0 Å². The maximum atomic E-state index is 12.9. The Hall–Kier alpha value is -1.58. The Kier molecular flexibility index (Phi) is 10.4. The summed E-state index contributed by atoms with van der Waals surface area (Å²) in [5.41, 5.74) is 0. The second kappa shape index (κ2) is 12.0. The van der Waals surface area contributed by atoms with Crippen LogP contribution in [-0.4, -0.2) is 55.1 Å². The molecule has 0 aromatic heterocycles. The third kappa shape index (κ3) is 7.90. The van der Waals surface area contributed by atoms with E-state index >= 15 is 0 Å². The number of rotatable bonds is 7. The van der Waals surface area contributed by atoms with Gasteiger partial charge in [0.1, 0.15) is 17.7 Å². The van der Waals surface area contributed by atoms with Gasteiger partial charge in [-0.2, -0.15) is 0 Å². The van der Waals surface area contributed by atoms with Crippen molar-refractivity contribution in [3.63, 3.8) is 0 Å². The molecule has 0 radical (unpaired) electrons. The number of halogens is 2. The quantitative estimate of drug-likeness (QED) is 0.349. The minimum Gasteiger partial charge on any atom is -0.489 e. The van der Waals surface area contributed by atoms with Crippen molar-refractivity contribution >= 4 is 35.8 Å². The molecule has 0 spiro atoms. The van der Waals surface area contributed by atoms with Crippen molar-refractivity contribution in [3.05, 3.63) is 30.1 Å². The van der Waals surface area contributed by atoms with Gasteiger partial charge in [0.25, 0.3) is 0 Å². The van der Waals surface area contributed by atoms with E-state index < -0.39 is 0 Å². The van der Waals surface area contributed by atoms with Crippen LogP contribution in [0.5, 0.6) is 5.75 Å². The van der Waals surface area contributed by atoms with Crippen LogP contribution in [0.4, 0.5) is 4.39 Å². The molecule has 1 saturated heterocycles. The first-order chi connectivity index (χ1) is 12.5. The Morgan fingerprint density at radius 2 is 2.07 bits per heavy atom. The van der Waals surface area contributed by atoms with E-state index in [2.05, 4.69) is 15.6 Å². The number of benzene rings is 1. The summed E-state index contributed by atoms with van der Waals surface area (Å²) < 4.78 is 18.7. The SMILES string of the molecule is CCNC(=NCC(C)Oc1ccc(F)cc1)NC1CCN(C(=O)CC)C1.I. The molecule has 1 heterocycles. The highest BCUT2D eigenvalue weighted by molar-refractivity contribution is 14.0. The van der Waals surface area contributed by atoms with E-state index in [0.29, 0.717) is 25.3 Å². The third-order valence-corrected chi connectivity index (χ3v) is 4.19. The number of carbonyl (C=O) groups excluding carboxylic acids is 1. The van der Waals surface area contributed by atoms with E-state index in [1.165, 1.54) is 12.1 Å². The summed E-state index contributed by atoms with van der Waals surface area (Å²) in [5, 5.41) is 6.62. The lowest BCUT2D eigenvalue weighted by molar-refractivity contribution is -0.129. The Labute approximate surface area is 178 Å². The zero-order valence-electron chi connectivity index (χ0n) is 16.2. The molecule has 1 aliphatic rings. The molecule has 0 aliphatic carbocycles. The molecule has 6 nitrogen and oxygen atoms in total. The number of aliphatic imine (C=N–C) groups is 1. The maximum absolute atomic E-state index is 12.9. The largest absolute Gasteiger partial charge is 0.489 e. The first-order valence-electron chi connectivity index (χ1n) is 9.26. The van der Waals surface area contributed by atoms with Crippen molar-refractivity contribution in [1.29, 1.82) is 0 Å². The summed E-state index contributed by atoms with van der Waals surface area (Å²) in [6.07, 6.45) is 1.31. The fourth-order valence-corrected chi connectivity index (χ4v) is 2.84. The second-order valence-electron chi connectivity index (χ2n) is 6.43. The lowest BCUT2D eigenvalue weighted by Gasteiger charge is -2.19. The van der Waals surface area contributed by atoms with Gasteiger partial charge >= 0.3 is 0 Å². The molecule has 0 bridgehead atoms. The molecular weight excluding hydrogens is 462 g/mol. The van der Waals surface area contributed by atoms with Crippen molar-refractivity contribution < 1.29 is 13.9 Å². The Bertz CT molecular complexity index is 612. The number of guanidine groups is 1. The van der Waals surface area contributed by atoms with Gasteiger partial charge < -0.3 is 20.3 Å². The zero-order valence-corrected chi connectivity index (χ0v) is 18.5. The number of hydrogen-bond acceptors (Lipinski definition) is 3. The van der Waals surface area contributed by atoms with Crippen LogP contribution < -0.4 is 15.4 Å². The zero-order chi connectivity index (χ0) is 18.9. The van der Waals surface area contributed by atoms with Gasteiger partial charge in [0.2, 0.25) is 5.91 Å². The summed E-state index contributed by atoms with van der Waals surface area (Å²) in [5.74, 6) is 1.25. The van der Waals surface area contributed by atoms with Crippen molar-refractivity contribution in [2.45, 2.75) is 45.8 Å². The highest BCUT2D eigenvalue weighted by Gasteiger charge is 2.25. The average molecular weight is 492 g/mol. The van der Waals surface area contributed by atoms with Gasteiger partial charge in [-0.25, -0.2) is 9.38 Å². The van der Waals surface area contributed by atoms with Gasteiger partial charge in [0, 0.05) is 32.1 Å². The fraction of sp³-hybridized carbons (Fsp3) is 0.579. The van der Waals surface area contributed by atoms with Crippen molar-refractivity contribution in [2.75, 3.05) is 26.2 Å². The number of amides is 1. The number of carbonyl (C=O) groups is 1. The summed E-state index contributed by atoms with van der Waals surface area (Å²) in [6, 6.07) is 6.17. The molecule has 1 aromatic carbocycles. The van der Waals surface area contributed by atoms with Crippen LogP contribution in [0.3, 0.4) is 0 Å². The number of nitrogens with one attached hydrogen (secondary N) is 2. The Morgan fingerprint density at radius 3 is 2.70 bits per heavy atom. The highest BCUT2D eigenvalue weighted by atomic mass is 127.